The molecule has 0 spiro atoms. The smallest absolute Gasteiger partial charge is 0.237 e. The predicted molar refractivity (Wildman–Crippen MR) is 58.7 cm³/mol. The van der Waals surface area contributed by atoms with Crippen LogP contribution in [0.3, 0.4) is 0 Å². The Morgan fingerprint density at radius 1 is 1.47 bits per heavy atom. The van der Waals surface area contributed by atoms with E-state index in [1.54, 1.807) is 6.92 Å². The largest absolute Gasteiger partial charge is 0.358 e. The minimum Gasteiger partial charge on any atom is -0.358 e. The first-order valence-corrected chi connectivity index (χ1v) is 6.36. The van der Waals surface area contributed by atoms with Crippen molar-refractivity contribution in [1.82, 2.24) is 10.0 Å². The molecule has 6 nitrogen and oxygen atoms in total. The van der Waals surface area contributed by atoms with E-state index in [1.807, 2.05) is 0 Å². The zero-order valence-corrected chi connectivity index (χ0v) is 10.1. The lowest BCUT2D eigenvalue weighted by atomic mass is 10.3. The Morgan fingerprint density at radius 2 is 2.00 bits per heavy atom. The molecular weight excluding hydrogens is 218 g/mol. The van der Waals surface area contributed by atoms with Crippen LogP contribution in [0.15, 0.2) is 0 Å². The molecule has 0 aromatic heterocycles. The van der Waals surface area contributed by atoms with Gasteiger partial charge in [0.1, 0.15) is 0 Å². The van der Waals surface area contributed by atoms with E-state index in [1.165, 1.54) is 14.0 Å². The summed E-state index contributed by atoms with van der Waals surface area (Å²) in [4.78, 5) is 11.1. The lowest BCUT2D eigenvalue weighted by Gasteiger charge is -2.18. The van der Waals surface area contributed by atoms with Crippen molar-refractivity contribution < 1.29 is 13.2 Å². The highest BCUT2D eigenvalue weighted by molar-refractivity contribution is 7.90. The monoisotopic (exact) mass is 237 g/mol. The lowest BCUT2D eigenvalue weighted by Crippen LogP contribution is -2.48. The van der Waals surface area contributed by atoms with E-state index in [0.29, 0.717) is 6.42 Å². The molecule has 0 aromatic carbocycles. The molecule has 1 amide bonds. The second kappa shape index (κ2) is 6.04. The quantitative estimate of drug-likeness (QED) is 0.539. The molecule has 0 rings (SSSR count). The van der Waals surface area contributed by atoms with E-state index >= 15 is 0 Å². The lowest BCUT2D eigenvalue weighted by molar-refractivity contribution is -0.121. The summed E-state index contributed by atoms with van der Waals surface area (Å²) in [6.45, 7) is 3.27. The molecule has 0 fully saturated rings. The van der Waals surface area contributed by atoms with Crippen LogP contribution in [-0.4, -0.2) is 39.2 Å². The number of likely N-dealkylation sites (N-methyl/N-ethyl adjacent to an activating group) is 1. The highest BCUT2D eigenvalue weighted by Gasteiger charge is 2.26. The van der Waals surface area contributed by atoms with E-state index < -0.39 is 21.3 Å². The Morgan fingerprint density at radius 3 is 2.33 bits per heavy atom. The van der Waals surface area contributed by atoms with Crippen LogP contribution in [0.25, 0.3) is 0 Å². The third kappa shape index (κ3) is 4.15. The second-order valence-corrected chi connectivity index (χ2v) is 5.26. The van der Waals surface area contributed by atoms with Gasteiger partial charge >= 0.3 is 0 Å². The second-order valence-electron chi connectivity index (χ2n) is 3.26. The van der Waals surface area contributed by atoms with Gasteiger partial charge in [-0.05, 0) is 13.3 Å². The number of carbonyl (C=O) groups is 1. The Hall–Kier alpha value is -0.660. The molecule has 0 bridgehead atoms. The molecule has 7 heteroatoms. The highest BCUT2D eigenvalue weighted by atomic mass is 32.2. The fourth-order valence-electron chi connectivity index (χ4n) is 1.13. The fraction of sp³-hybridized carbons (Fsp3) is 0.875. The van der Waals surface area contributed by atoms with Gasteiger partial charge in [0, 0.05) is 13.6 Å². The van der Waals surface area contributed by atoms with Crippen molar-refractivity contribution >= 4 is 15.9 Å². The first kappa shape index (κ1) is 14.3. The summed E-state index contributed by atoms with van der Waals surface area (Å²) >= 11 is 0. The van der Waals surface area contributed by atoms with Crippen LogP contribution in [0.5, 0.6) is 0 Å². The van der Waals surface area contributed by atoms with Gasteiger partial charge in [-0.2, -0.15) is 0 Å². The molecule has 0 saturated heterocycles. The highest BCUT2D eigenvalue weighted by Crippen LogP contribution is 2.03. The molecule has 2 atom stereocenters. The molecule has 90 valence electrons. The van der Waals surface area contributed by atoms with E-state index in [2.05, 4.69) is 10.0 Å². The molecule has 2 unspecified atom stereocenters. The zero-order valence-electron chi connectivity index (χ0n) is 9.28. The molecule has 4 N–H and O–H groups in total. The van der Waals surface area contributed by atoms with Gasteiger partial charge in [-0.25, -0.2) is 13.1 Å². The maximum Gasteiger partial charge on any atom is 0.237 e. The minimum absolute atomic E-state index is 0.0479. The van der Waals surface area contributed by atoms with Gasteiger partial charge in [0.2, 0.25) is 15.9 Å². The molecule has 0 radical (unpaired) electrons. The van der Waals surface area contributed by atoms with E-state index in [4.69, 9.17) is 5.73 Å². The Bertz CT molecular complexity index is 298. The summed E-state index contributed by atoms with van der Waals surface area (Å²) in [6.07, 6.45) is 0.423. The Labute approximate surface area is 90.7 Å². The first-order chi connectivity index (χ1) is 6.88. The van der Waals surface area contributed by atoms with Crippen LogP contribution < -0.4 is 15.8 Å². The van der Waals surface area contributed by atoms with E-state index in [-0.39, 0.29) is 12.5 Å². The van der Waals surface area contributed by atoms with Crippen molar-refractivity contribution in [2.24, 2.45) is 5.73 Å². The summed E-state index contributed by atoms with van der Waals surface area (Å²) in [7, 11) is -2.06. The number of nitrogens with one attached hydrogen (secondary N) is 2. The number of nitrogens with two attached hydrogens (primary N) is 1. The van der Waals surface area contributed by atoms with Crippen LogP contribution in [0.2, 0.25) is 0 Å². The van der Waals surface area contributed by atoms with E-state index in [0.717, 1.165) is 0 Å². The standard InChI is InChI=1S/C8H19N3O3S/c1-4-7(5-9)15(13,14)11-6(2)8(12)10-3/h6-7,11H,4-5,9H2,1-3H3,(H,10,12). The van der Waals surface area contributed by atoms with Crippen LogP contribution in [0.4, 0.5) is 0 Å². The predicted octanol–water partition coefficient (Wildman–Crippen LogP) is -1.22. The number of hydrogen-bond acceptors (Lipinski definition) is 4. The molecule has 0 saturated carbocycles. The average molecular weight is 237 g/mol. The molecule has 0 heterocycles. The number of amides is 1. The van der Waals surface area contributed by atoms with Crippen LogP contribution in [-0.2, 0) is 14.8 Å². The summed E-state index contributed by atoms with van der Waals surface area (Å²) in [5, 5.41) is 1.72. The number of sulfonamides is 1. The van der Waals surface area contributed by atoms with Gasteiger partial charge in [-0.15, -0.1) is 0 Å². The number of carbonyl (C=O) groups excluding carboxylic acids is 1. The zero-order chi connectivity index (χ0) is 12.1. The summed E-state index contributed by atoms with van der Waals surface area (Å²) in [5.74, 6) is -0.370. The van der Waals surface area contributed by atoms with Crippen molar-refractivity contribution in [3.8, 4) is 0 Å². The molecular formula is C8H19N3O3S. The van der Waals surface area contributed by atoms with Gasteiger partial charge in [0.05, 0.1) is 11.3 Å². The molecule has 0 aromatic rings. The SMILES string of the molecule is CCC(CN)S(=O)(=O)NC(C)C(=O)NC. The number of hydrogen-bond donors (Lipinski definition) is 3. The van der Waals surface area contributed by atoms with Gasteiger partial charge < -0.3 is 11.1 Å². The normalized spacial score (nSPS) is 15.7. The van der Waals surface area contributed by atoms with Crippen molar-refractivity contribution in [2.75, 3.05) is 13.6 Å². The maximum atomic E-state index is 11.7. The van der Waals surface area contributed by atoms with Crippen molar-refractivity contribution in [3.63, 3.8) is 0 Å². The first-order valence-electron chi connectivity index (χ1n) is 4.81. The average Bonchev–Trinajstić information content (AvgIpc) is 2.17. The number of rotatable bonds is 6. The van der Waals surface area contributed by atoms with Gasteiger partial charge in [-0.1, -0.05) is 6.92 Å². The fourth-order valence-corrected chi connectivity index (χ4v) is 2.61. The molecule has 15 heavy (non-hydrogen) atoms. The topological polar surface area (TPSA) is 101 Å². The summed E-state index contributed by atoms with van der Waals surface area (Å²) in [5.41, 5.74) is 5.33. The van der Waals surface area contributed by atoms with Crippen molar-refractivity contribution in [2.45, 2.75) is 31.6 Å². The van der Waals surface area contributed by atoms with Crippen molar-refractivity contribution in [3.05, 3.63) is 0 Å². The Kier molecular flexibility index (Phi) is 5.77. The van der Waals surface area contributed by atoms with Crippen LogP contribution in [0, 0.1) is 0 Å². The summed E-state index contributed by atoms with van der Waals surface area (Å²) in [6, 6.07) is -0.777. The van der Waals surface area contributed by atoms with Crippen LogP contribution in [0.1, 0.15) is 20.3 Å². The minimum atomic E-state index is -3.51. The summed E-state index contributed by atoms with van der Waals surface area (Å²) < 4.78 is 25.6. The third-order valence-corrected chi connectivity index (χ3v) is 4.22. The van der Waals surface area contributed by atoms with Gasteiger partial charge in [0.15, 0.2) is 0 Å². The van der Waals surface area contributed by atoms with E-state index in [9.17, 15) is 13.2 Å². The van der Waals surface area contributed by atoms with Crippen molar-refractivity contribution in [1.29, 1.82) is 0 Å². The van der Waals surface area contributed by atoms with Gasteiger partial charge in [0.25, 0.3) is 0 Å². The van der Waals surface area contributed by atoms with Gasteiger partial charge in [-0.3, -0.25) is 4.79 Å². The molecule has 0 aliphatic carbocycles. The van der Waals surface area contributed by atoms with Crippen LogP contribution >= 0.6 is 0 Å². The Balaban J connectivity index is 4.57. The molecule has 0 aliphatic heterocycles. The third-order valence-electron chi connectivity index (χ3n) is 2.14. The maximum absolute atomic E-state index is 11.7. The molecule has 0 aliphatic rings.